The van der Waals surface area contributed by atoms with Gasteiger partial charge in [0.1, 0.15) is 16.9 Å². The molecule has 2 amide bonds. The van der Waals surface area contributed by atoms with Crippen molar-refractivity contribution in [3.63, 3.8) is 0 Å². The van der Waals surface area contributed by atoms with Gasteiger partial charge in [-0.15, -0.1) is 0 Å². The van der Waals surface area contributed by atoms with Crippen molar-refractivity contribution in [3.05, 3.63) is 40.1 Å². The van der Waals surface area contributed by atoms with Gasteiger partial charge < -0.3 is 24.2 Å². The first-order valence-electron chi connectivity index (χ1n) is 9.94. The molecule has 0 spiro atoms. The molecule has 0 bridgehead atoms. The number of furan rings is 1. The van der Waals surface area contributed by atoms with Gasteiger partial charge in [0.05, 0.1) is 30.0 Å². The maximum absolute atomic E-state index is 12.6. The Morgan fingerprint density at radius 2 is 2.06 bits per heavy atom. The lowest BCUT2D eigenvalue weighted by atomic mass is 10.1. The number of primary amides is 1. The fourth-order valence-electron chi connectivity index (χ4n) is 3.20. The molecule has 10 nitrogen and oxygen atoms in total. The van der Waals surface area contributed by atoms with Gasteiger partial charge in [-0.3, -0.25) is 14.9 Å². The van der Waals surface area contributed by atoms with Crippen molar-refractivity contribution < 1.29 is 28.3 Å². The van der Waals surface area contributed by atoms with Gasteiger partial charge in [-0.05, 0) is 32.0 Å². The van der Waals surface area contributed by atoms with Crippen LogP contribution in [0.5, 0.6) is 0 Å². The number of amides is 2. The predicted molar refractivity (Wildman–Crippen MR) is 124 cm³/mol. The third-order valence-electron chi connectivity index (χ3n) is 4.59. The topological polar surface area (TPSA) is 139 Å². The zero-order valence-electron chi connectivity index (χ0n) is 18.3. The Kier molecular flexibility index (Phi) is 8.01. The van der Waals surface area contributed by atoms with Crippen LogP contribution < -0.4 is 11.1 Å². The van der Waals surface area contributed by atoms with Gasteiger partial charge in [0.2, 0.25) is 11.8 Å². The predicted octanol–water partition coefficient (Wildman–Crippen LogP) is 3.24. The molecule has 0 saturated heterocycles. The number of aromatic nitrogens is 2. The summed E-state index contributed by atoms with van der Waals surface area (Å²) in [6.45, 7) is 4.20. The molecule has 0 unspecified atom stereocenters. The summed E-state index contributed by atoms with van der Waals surface area (Å²) in [5.74, 6) is -2.28. The number of ether oxygens (including phenoxy) is 2. The zero-order chi connectivity index (χ0) is 24.1. The van der Waals surface area contributed by atoms with Crippen molar-refractivity contribution in [1.29, 1.82) is 0 Å². The third kappa shape index (κ3) is 5.49. The smallest absolute Gasteiger partial charge is 0.342 e. The normalized spacial score (nSPS) is 11.0. The number of methoxy groups -OCH3 is 1. The number of halogens is 1. The van der Waals surface area contributed by atoms with Crippen LogP contribution in [0.3, 0.4) is 0 Å². The van der Waals surface area contributed by atoms with Gasteiger partial charge in [0.15, 0.2) is 5.16 Å². The number of nitrogens with one attached hydrogen (secondary N) is 1. The van der Waals surface area contributed by atoms with E-state index in [-0.39, 0.29) is 35.1 Å². The van der Waals surface area contributed by atoms with Crippen molar-refractivity contribution in [2.75, 3.05) is 31.4 Å². The van der Waals surface area contributed by atoms with Crippen LogP contribution in [-0.4, -0.2) is 53.4 Å². The van der Waals surface area contributed by atoms with Gasteiger partial charge in [-0.25, -0.2) is 9.78 Å². The van der Waals surface area contributed by atoms with Gasteiger partial charge in [0.25, 0.3) is 5.91 Å². The molecule has 12 heteroatoms. The van der Waals surface area contributed by atoms with Crippen molar-refractivity contribution in [2.24, 2.45) is 5.73 Å². The Bertz CT molecular complexity index is 1210. The minimum atomic E-state index is -0.920. The fraction of sp³-hybridized carbons (Fsp3) is 0.333. The maximum Gasteiger partial charge on any atom is 0.342 e. The zero-order valence-corrected chi connectivity index (χ0v) is 19.8. The summed E-state index contributed by atoms with van der Waals surface area (Å²) >= 11 is 7.26. The van der Waals surface area contributed by atoms with E-state index < -0.39 is 17.8 Å². The number of nitrogens with zero attached hydrogens (tertiary/aromatic N) is 2. The van der Waals surface area contributed by atoms with Gasteiger partial charge in [0, 0.05) is 18.7 Å². The Morgan fingerprint density at radius 3 is 2.73 bits per heavy atom. The van der Waals surface area contributed by atoms with E-state index in [0.717, 1.165) is 5.52 Å². The molecule has 33 heavy (non-hydrogen) atoms. The van der Waals surface area contributed by atoms with Crippen LogP contribution in [-0.2, 0) is 20.8 Å². The van der Waals surface area contributed by atoms with E-state index >= 15 is 0 Å². The molecule has 2 aromatic heterocycles. The summed E-state index contributed by atoms with van der Waals surface area (Å²) in [5.41, 5.74) is 6.64. The molecule has 3 N–H and O–H groups in total. The molecule has 176 valence electrons. The second kappa shape index (κ2) is 10.7. The Labute approximate surface area is 198 Å². The number of nitrogens with two attached hydrogens (primary N) is 1. The molecular weight excluding hydrogens is 472 g/mol. The number of benzene rings is 1. The molecule has 0 atom stereocenters. The molecule has 3 aromatic rings. The third-order valence-corrected chi connectivity index (χ3v) is 5.80. The molecule has 0 aliphatic heterocycles. The number of esters is 1. The lowest BCUT2D eigenvalue weighted by molar-refractivity contribution is -0.113. The Hall–Kier alpha value is -3.02. The summed E-state index contributed by atoms with van der Waals surface area (Å²) in [4.78, 5) is 41.3. The summed E-state index contributed by atoms with van der Waals surface area (Å²) in [6.07, 6.45) is 0. The SMILES string of the molecule is CCOC(=O)c1c(C)oc(NC(=O)CSc2nc3cc(Cl)ccc3n2CCOC)c1C(N)=O. The summed E-state index contributed by atoms with van der Waals surface area (Å²) < 4.78 is 17.5. The molecule has 0 radical (unpaired) electrons. The highest BCUT2D eigenvalue weighted by Crippen LogP contribution is 2.29. The lowest BCUT2D eigenvalue weighted by Gasteiger charge is -2.08. The first-order chi connectivity index (χ1) is 15.8. The van der Waals surface area contributed by atoms with Crippen molar-refractivity contribution in [3.8, 4) is 0 Å². The summed E-state index contributed by atoms with van der Waals surface area (Å²) in [6, 6.07) is 5.36. The molecule has 0 saturated carbocycles. The number of thioether (sulfide) groups is 1. The van der Waals surface area contributed by atoms with Crippen molar-refractivity contribution >= 4 is 58.1 Å². The maximum atomic E-state index is 12.6. The van der Waals surface area contributed by atoms with E-state index in [1.54, 1.807) is 26.2 Å². The van der Waals surface area contributed by atoms with Gasteiger partial charge in [-0.1, -0.05) is 23.4 Å². The second-order valence-corrected chi connectivity index (χ2v) is 8.21. The molecule has 2 heterocycles. The monoisotopic (exact) mass is 494 g/mol. The first kappa shape index (κ1) is 24.6. The number of imidazole rings is 1. The number of aryl methyl sites for hydroxylation is 1. The molecule has 1 aromatic carbocycles. The molecule has 0 fully saturated rings. The first-order valence-corrected chi connectivity index (χ1v) is 11.3. The van der Waals surface area contributed by atoms with E-state index in [1.165, 1.54) is 18.7 Å². The van der Waals surface area contributed by atoms with Crippen LogP contribution in [0.2, 0.25) is 5.02 Å². The van der Waals surface area contributed by atoms with E-state index in [4.69, 9.17) is 31.2 Å². The summed E-state index contributed by atoms with van der Waals surface area (Å²) in [5, 5.41) is 3.66. The second-order valence-electron chi connectivity index (χ2n) is 6.83. The van der Waals surface area contributed by atoms with E-state index in [2.05, 4.69) is 10.3 Å². The van der Waals surface area contributed by atoms with E-state index in [1.807, 2.05) is 10.6 Å². The van der Waals surface area contributed by atoms with Gasteiger partial charge >= 0.3 is 5.97 Å². The van der Waals surface area contributed by atoms with E-state index in [9.17, 15) is 14.4 Å². The summed E-state index contributed by atoms with van der Waals surface area (Å²) in [7, 11) is 1.60. The fourth-order valence-corrected chi connectivity index (χ4v) is 4.21. The number of hydrogen-bond acceptors (Lipinski definition) is 8. The van der Waals surface area contributed by atoms with Crippen molar-refractivity contribution in [1.82, 2.24) is 9.55 Å². The van der Waals surface area contributed by atoms with E-state index in [0.29, 0.717) is 28.8 Å². The standard InChI is InChI=1S/C21H23ClN4O6S/c1-4-31-20(29)16-11(2)32-19(17(16)18(23)28)25-15(27)10-33-21-24-13-9-12(22)5-6-14(13)26(21)7-8-30-3/h5-6,9H,4,7-8,10H2,1-3H3,(H2,23,28)(H,25,27). The van der Waals surface area contributed by atoms with Crippen LogP contribution in [0, 0.1) is 6.92 Å². The van der Waals surface area contributed by atoms with Crippen LogP contribution in [0.15, 0.2) is 27.8 Å². The average molecular weight is 495 g/mol. The average Bonchev–Trinajstić information content (AvgIpc) is 3.27. The number of carbonyl (C=O) groups excluding carboxylic acids is 3. The minimum Gasteiger partial charge on any atom is -0.462 e. The van der Waals surface area contributed by atoms with Gasteiger partial charge in [-0.2, -0.15) is 0 Å². The number of carbonyl (C=O) groups is 3. The quantitative estimate of drug-likeness (QED) is 0.323. The molecule has 0 aliphatic rings. The Morgan fingerprint density at radius 1 is 1.30 bits per heavy atom. The highest BCUT2D eigenvalue weighted by Gasteiger charge is 2.29. The molecule has 3 rings (SSSR count). The number of rotatable bonds is 10. The van der Waals surface area contributed by atoms with Crippen LogP contribution in [0.25, 0.3) is 11.0 Å². The highest BCUT2D eigenvalue weighted by molar-refractivity contribution is 7.99. The molecular formula is C21H23ClN4O6S. The Balaban J connectivity index is 1.80. The lowest BCUT2D eigenvalue weighted by Crippen LogP contribution is -2.21. The number of anilines is 1. The number of fused-ring (bicyclic) bond motifs is 1. The highest BCUT2D eigenvalue weighted by atomic mass is 35.5. The largest absolute Gasteiger partial charge is 0.462 e. The number of hydrogen-bond donors (Lipinski definition) is 2. The van der Waals surface area contributed by atoms with Crippen LogP contribution in [0.4, 0.5) is 5.88 Å². The van der Waals surface area contributed by atoms with Crippen molar-refractivity contribution in [2.45, 2.75) is 25.5 Å². The van der Waals surface area contributed by atoms with Crippen LogP contribution >= 0.6 is 23.4 Å². The minimum absolute atomic E-state index is 0.0449. The van der Waals surface area contributed by atoms with Crippen LogP contribution in [0.1, 0.15) is 33.4 Å². The molecule has 0 aliphatic carbocycles.